The van der Waals surface area contributed by atoms with Gasteiger partial charge in [0, 0.05) is 5.56 Å². The maximum atomic E-state index is 10.6. The summed E-state index contributed by atoms with van der Waals surface area (Å²) in [4.78, 5) is 21.2. The van der Waals surface area contributed by atoms with Gasteiger partial charge in [-0.3, -0.25) is 0 Å². The summed E-state index contributed by atoms with van der Waals surface area (Å²) in [6, 6.07) is 5.65. The lowest BCUT2D eigenvalue weighted by atomic mass is 10.2. The fourth-order valence-corrected chi connectivity index (χ4v) is 1.54. The van der Waals surface area contributed by atoms with Crippen LogP contribution in [0, 0.1) is 12.3 Å². The minimum Gasteiger partial charge on any atom is -0.807 e. The Bertz CT molecular complexity index is 372. The fraction of sp³-hybridized carbons (Fsp3) is 0. The Hall–Kier alpha value is -1.07. The van der Waals surface area contributed by atoms with Gasteiger partial charge in [-0.05, 0) is 19.0 Å². The van der Waals surface area contributed by atoms with E-state index in [2.05, 4.69) is 5.92 Å². The van der Waals surface area contributed by atoms with E-state index in [4.69, 9.17) is 6.42 Å². The van der Waals surface area contributed by atoms with Crippen LogP contribution in [0.4, 0.5) is 0 Å². The number of benzene rings is 1. The molecular formula is C8H5O3P-2. The van der Waals surface area contributed by atoms with E-state index in [1.54, 1.807) is 6.07 Å². The van der Waals surface area contributed by atoms with Gasteiger partial charge in [0.05, 0.1) is 0 Å². The van der Waals surface area contributed by atoms with Crippen LogP contribution >= 0.6 is 7.60 Å². The summed E-state index contributed by atoms with van der Waals surface area (Å²) in [5.41, 5.74) is 0.117. The largest absolute Gasteiger partial charge is 0.807 e. The molecule has 0 saturated heterocycles. The van der Waals surface area contributed by atoms with Crippen molar-refractivity contribution in [1.82, 2.24) is 0 Å². The van der Waals surface area contributed by atoms with Gasteiger partial charge in [0.2, 0.25) is 0 Å². The Balaban J connectivity index is 3.36. The van der Waals surface area contributed by atoms with Gasteiger partial charge in [0.25, 0.3) is 0 Å². The summed E-state index contributed by atoms with van der Waals surface area (Å²) in [6.07, 6.45) is 5.00. The third-order valence-corrected chi connectivity index (χ3v) is 2.33. The van der Waals surface area contributed by atoms with E-state index in [0.717, 1.165) is 0 Å². The molecule has 0 saturated carbocycles. The Labute approximate surface area is 70.2 Å². The molecule has 0 aromatic heterocycles. The third-order valence-electron chi connectivity index (χ3n) is 1.35. The van der Waals surface area contributed by atoms with Crippen LogP contribution in [0.15, 0.2) is 24.3 Å². The van der Waals surface area contributed by atoms with Crippen molar-refractivity contribution >= 4 is 12.9 Å². The second-order valence-electron chi connectivity index (χ2n) is 2.16. The molecule has 0 aliphatic heterocycles. The van der Waals surface area contributed by atoms with E-state index >= 15 is 0 Å². The maximum absolute atomic E-state index is 10.6. The third kappa shape index (κ3) is 1.75. The zero-order valence-electron chi connectivity index (χ0n) is 6.06. The lowest BCUT2D eigenvalue weighted by Gasteiger charge is -2.30. The molecule has 0 aliphatic rings. The molecular weight excluding hydrogens is 175 g/mol. The number of terminal acetylenes is 1. The summed E-state index contributed by atoms with van der Waals surface area (Å²) >= 11 is 0. The minimum atomic E-state index is -4.71. The van der Waals surface area contributed by atoms with Gasteiger partial charge < -0.3 is 14.4 Å². The number of rotatable bonds is 1. The molecule has 1 rings (SSSR count). The highest BCUT2D eigenvalue weighted by Crippen LogP contribution is 2.23. The molecule has 0 aliphatic carbocycles. The van der Waals surface area contributed by atoms with Gasteiger partial charge >= 0.3 is 0 Å². The van der Waals surface area contributed by atoms with Crippen LogP contribution in [-0.2, 0) is 4.57 Å². The Morgan fingerprint density at radius 3 is 2.33 bits per heavy atom. The van der Waals surface area contributed by atoms with Crippen molar-refractivity contribution in [2.75, 3.05) is 0 Å². The summed E-state index contributed by atoms with van der Waals surface area (Å²) in [7, 11) is -4.71. The Morgan fingerprint density at radius 2 is 1.92 bits per heavy atom. The molecule has 3 nitrogen and oxygen atoms in total. The molecule has 0 unspecified atom stereocenters. The first-order chi connectivity index (χ1) is 5.55. The SMILES string of the molecule is C#Cc1ccccc1P(=O)([O-])[O-]. The molecule has 62 valence electrons. The average Bonchev–Trinajstić information content (AvgIpc) is 2.03. The van der Waals surface area contributed by atoms with Crippen LogP contribution in [0.5, 0.6) is 0 Å². The summed E-state index contributed by atoms with van der Waals surface area (Å²) < 4.78 is 10.6. The van der Waals surface area contributed by atoms with Crippen LogP contribution in [-0.4, -0.2) is 0 Å². The van der Waals surface area contributed by atoms with Gasteiger partial charge in [0.15, 0.2) is 0 Å². The van der Waals surface area contributed by atoms with Crippen LogP contribution in [0.2, 0.25) is 0 Å². The van der Waals surface area contributed by atoms with Gasteiger partial charge in [-0.15, -0.1) is 6.42 Å². The smallest absolute Gasteiger partial charge is 0.0326 e. The minimum absolute atomic E-state index is 0.117. The molecule has 1 aromatic rings. The molecule has 0 radical (unpaired) electrons. The molecule has 0 atom stereocenters. The Kier molecular flexibility index (Phi) is 2.35. The van der Waals surface area contributed by atoms with E-state index in [1.165, 1.54) is 18.2 Å². The van der Waals surface area contributed by atoms with E-state index in [1.807, 2.05) is 0 Å². The van der Waals surface area contributed by atoms with E-state index in [0.29, 0.717) is 0 Å². The fourth-order valence-electron chi connectivity index (χ4n) is 0.835. The highest BCUT2D eigenvalue weighted by Gasteiger charge is 2.01. The lowest BCUT2D eigenvalue weighted by Crippen LogP contribution is -2.26. The normalized spacial score (nSPS) is 10.8. The molecule has 0 bridgehead atoms. The molecule has 1 aromatic carbocycles. The van der Waals surface area contributed by atoms with E-state index in [-0.39, 0.29) is 10.9 Å². The number of hydrogen-bond acceptors (Lipinski definition) is 3. The summed E-state index contributed by atoms with van der Waals surface area (Å²) in [6.45, 7) is 0. The molecule has 4 heteroatoms. The second kappa shape index (κ2) is 3.12. The van der Waals surface area contributed by atoms with Crippen LogP contribution in [0.25, 0.3) is 0 Å². The van der Waals surface area contributed by atoms with Crippen molar-refractivity contribution in [3.05, 3.63) is 29.8 Å². The monoisotopic (exact) mass is 180 g/mol. The maximum Gasteiger partial charge on any atom is 0.0326 e. The first-order valence-corrected chi connectivity index (χ1v) is 4.68. The van der Waals surface area contributed by atoms with Crippen molar-refractivity contribution in [1.29, 1.82) is 0 Å². The van der Waals surface area contributed by atoms with Gasteiger partial charge in [0.1, 0.15) is 0 Å². The molecule has 0 amide bonds. The molecule has 12 heavy (non-hydrogen) atoms. The zero-order valence-corrected chi connectivity index (χ0v) is 6.95. The standard InChI is InChI=1S/C8H7O3P/c1-2-7-5-3-4-6-8(7)12(9,10)11/h1,3-6H,(H2,9,10,11)/p-2. The lowest BCUT2D eigenvalue weighted by molar-refractivity contribution is -0.307. The molecule has 0 N–H and O–H groups in total. The quantitative estimate of drug-likeness (QED) is 0.420. The van der Waals surface area contributed by atoms with Gasteiger partial charge in [-0.25, -0.2) is 0 Å². The van der Waals surface area contributed by atoms with Crippen molar-refractivity contribution in [3.63, 3.8) is 0 Å². The second-order valence-corrected chi connectivity index (χ2v) is 3.64. The van der Waals surface area contributed by atoms with Crippen molar-refractivity contribution in [2.24, 2.45) is 0 Å². The zero-order chi connectivity index (χ0) is 9.19. The predicted octanol–water partition coefficient (Wildman–Crippen LogP) is -0.793. The van der Waals surface area contributed by atoms with Crippen LogP contribution in [0.3, 0.4) is 0 Å². The van der Waals surface area contributed by atoms with E-state index in [9.17, 15) is 14.4 Å². The highest BCUT2D eigenvalue weighted by atomic mass is 31.2. The van der Waals surface area contributed by atoms with Gasteiger partial charge in [-0.2, -0.15) is 0 Å². The first-order valence-electron chi connectivity index (χ1n) is 3.14. The van der Waals surface area contributed by atoms with Crippen molar-refractivity contribution in [2.45, 2.75) is 0 Å². The van der Waals surface area contributed by atoms with Crippen LogP contribution in [0.1, 0.15) is 5.56 Å². The van der Waals surface area contributed by atoms with Crippen molar-refractivity contribution < 1.29 is 14.4 Å². The highest BCUT2D eigenvalue weighted by molar-refractivity contribution is 7.57. The van der Waals surface area contributed by atoms with Crippen molar-refractivity contribution in [3.8, 4) is 12.3 Å². The van der Waals surface area contributed by atoms with Gasteiger partial charge in [-0.1, -0.05) is 24.1 Å². The number of hydrogen-bond donors (Lipinski definition) is 0. The topological polar surface area (TPSA) is 63.2 Å². The average molecular weight is 180 g/mol. The summed E-state index contributed by atoms with van der Waals surface area (Å²) in [5, 5.41) is -0.312. The Morgan fingerprint density at radius 1 is 1.33 bits per heavy atom. The molecule has 0 spiro atoms. The predicted molar refractivity (Wildman–Crippen MR) is 41.6 cm³/mol. The van der Waals surface area contributed by atoms with E-state index < -0.39 is 7.60 Å². The molecule has 0 fully saturated rings. The summed E-state index contributed by atoms with van der Waals surface area (Å²) in [5.74, 6) is 2.13. The molecule has 0 heterocycles. The van der Waals surface area contributed by atoms with Crippen LogP contribution < -0.4 is 15.1 Å². The first kappa shape index (κ1) is 9.02.